The maximum absolute atomic E-state index is 12.0. The van der Waals surface area contributed by atoms with E-state index in [1.807, 2.05) is 13.0 Å². The van der Waals surface area contributed by atoms with Gasteiger partial charge in [-0.15, -0.1) is 0 Å². The van der Waals surface area contributed by atoms with Gasteiger partial charge >= 0.3 is 0 Å². The first-order chi connectivity index (χ1) is 8.88. The number of carbonyl (C=O) groups excluding carboxylic acids is 1. The molecular formula is C12H18N2O4S. The van der Waals surface area contributed by atoms with Crippen LogP contribution in [0.15, 0.2) is 16.5 Å². The van der Waals surface area contributed by atoms with Crippen LogP contribution in [0.3, 0.4) is 0 Å². The first kappa shape index (κ1) is 14.1. The van der Waals surface area contributed by atoms with Gasteiger partial charge in [0.25, 0.3) is 0 Å². The summed E-state index contributed by atoms with van der Waals surface area (Å²) in [4.78, 5) is 12.0. The van der Waals surface area contributed by atoms with Crippen molar-refractivity contribution in [2.24, 2.45) is 0 Å². The fourth-order valence-electron chi connectivity index (χ4n) is 2.27. The Morgan fingerprint density at radius 1 is 1.53 bits per heavy atom. The predicted octanol–water partition coefficient (Wildman–Crippen LogP) is 0.628. The van der Waals surface area contributed by atoms with Gasteiger partial charge in [0.05, 0.1) is 12.8 Å². The maximum atomic E-state index is 12.0. The molecular weight excluding hydrogens is 268 g/mol. The molecule has 0 aliphatic carbocycles. The number of rotatable bonds is 4. The minimum atomic E-state index is -3.33. The summed E-state index contributed by atoms with van der Waals surface area (Å²) in [7, 11) is -3.33. The van der Waals surface area contributed by atoms with Crippen molar-refractivity contribution < 1.29 is 17.6 Å². The van der Waals surface area contributed by atoms with Crippen LogP contribution < -0.4 is 5.32 Å². The molecule has 1 atom stereocenters. The highest BCUT2D eigenvalue weighted by atomic mass is 32.2. The molecule has 1 amide bonds. The molecule has 0 aromatic carbocycles. The Morgan fingerprint density at radius 2 is 2.26 bits per heavy atom. The van der Waals surface area contributed by atoms with Gasteiger partial charge in [0.1, 0.15) is 17.6 Å². The second kappa shape index (κ2) is 5.34. The monoisotopic (exact) mass is 286 g/mol. The van der Waals surface area contributed by atoms with Crippen molar-refractivity contribution in [2.45, 2.75) is 32.4 Å². The number of carbonyl (C=O) groups is 1. The van der Waals surface area contributed by atoms with Crippen LogP contribution in [-0.4, -0.2) is 37.5 Å². The van der Waals surface area contributed by atoms with Crippen molar-refractivity contribution in [3.63, 3.8) is 0 Å². The van der Waals surface area contributed by atoms with Crippen molar-refractivity contribution >= 4 is 15.9 Å². The molecule has 1 saturated heterocycles. The summed E-state index contributed by atoms with van der Waals surface area (Å²) < 4.78 is 29.7. The summed E-state index contributed by atoms with van der Waals surface area (Å²) >= 11 is 0. The Morgan fingerprint density at radius 3 is 2.84 bits per heavy atom. The Kier molecular flexibility index (Phi) is 3.96. The molecule has 6 nitrogen and oxygen atoms in total. The lowest BCUT2D eigenvalue weighted by Crippen LogP contribution is -2.45. The molecule has 1 aromatic rings. The summed E-state index contributed by atoms with van der Waals surface area (Å²) in [5.74, 6) is 1.18. The summed E-state index contributed by atoms with van der Waals surface area (Å²) in [6.07, 6.45) is 2.41. The van der Waals surface area contributed by atoms with Crippen molar-refractivity contribution in [1.82, 2.24) is 9.62 Å². The normalized spacial score (nSPS) is 20.6. The molecule has 7 heteroatoms. The predicted molar refractivity (Wildman–Crippen MR) is 69.9 cm³/mol. The van der Waals surface area contributed by atoms with Gasteiger partial charge in [-0.25, -0.2) is 8.42 Å². The van der Waals surface area contributed by atoms with Crippen LogP contribution in [-0.2, 0) is 21.4 Å². The molecule has 2 rings (SSSR count). The average molecular weight is 286 g/mol. The number of sulfonamides is 1. The van der Waals surface area contributed by atoms with Gasteiger partial charge in [-0.05, 0) is 31.9 Å². The molecule has 19 heavy (non-hydrogen) atoms. The number of hydrogen-bond donors (Lipinski definition) is 1. The highest BCUT2D eigenvalue weighted by Gasteiger charge is 2.36. The summed E-state index contributed by atoms with van der Waals surface area (Å²) in [6.45, 7) is 2.52. The molecule has 0 saturated carbocycles. The third kappa shape index (κ3) is 3.36. The first-order valence-electron chi connectivity index (χ1n) is 6.18. The van der Waals surface area contributed by atoms with Gasteiger partial charge in [0, 0.05) is 6.54 Å². The number of nitrogens with one attached hydrogen (secondary N) is 1. The van der Waals surface area contributed by atoms with Gasteiger partial charge in [-0.2, -0.15) is 4.31 Å². The van der Waals surface area contributed by atoms with Crippen LogP contribution in [0.5, 0.6) is 0 Å². The van der Waals surface area contributed by atoms with E-state index in [2.05, 4.69) is 5.32 Å². The largest absolute Gasteiger partial charge is 0.465 e. The Balaban J connectivity index is 1.96. The first-order valence-corrected chi connectivity index (χ1v) is 8.02. The van der Waals surface area contributed by atoms with E-state index in [-0.39, 0.29) is 12.5 Å². The zero-order chi connectivity index (χ0) is 14.0. The molecule has 1 aliphatic heterocycles. The van der Waals surface area contributed by atoms with E-state index in [9.17, 15) is 13.2 Å². The number of furan rings is 1. The second-order valence-corrected chi connectivity index (χ2v) is 6.70. The zero-order valence-electron chi connectivity index (χ0n) is 11.0. The van der Waals surface area contributed by atoms with E-state index in [1.54, 1.807) is 6.07 Å². The molecule has 1 fully saturated rings. The Labute approximate surface area is 112 Å². The van der Waals surface area contributed by atoms with E-state index in [1.165, 1.54) is 4.31 Å². The fourth-order valence-corrected chi connectivity index (χ4v) is 3.40. The smallest absolute Gasteiger partial charge is 0.238 e. The van der Waals surface area contributed by atoms with Gasteiger partial charge in [0.15, 0.2) is 0 Å². The van der Waals surface area contributed by atoms with Crippen LogP contribution in [0.4, 0.5) is 0 Å². The third-order valence-corrected chi connectivity index (χ3v) is 4.45. The standard InChI is InChI=1S/C12H18N2O4S/c1-9-5-6-10(18-9)8-13-12(15)11-4-3-7-14(11)19(2,16)17/h5-6,11H,3-4,7-8H2,1-2H3,(H,13,15). The van der Waals surface area contributed by atoms with Crippen molar-refractivity contribution in [3.8, 4) is 0 Å². The van der Waals surface area contributed by atoms with Crippen molar-refractivity contribution in [2.75, 3.05) is 12.8 Å². The SMILES string of the molecule is Cc1ccc(CNC(=O)C2CCCN2S(C)(=O)=O)o1. The lowest BCUT2D eigenvalue weighted by atomic mass is 10.2. The third-order valence-electron chi connectivity index (χ3n) is 3.17. The molecule has 1 N–H and O–H groups in total. The van der Waals surface area contributed by atoms with Crippen molar-refractivity contribution in [3.05, 3.63) is 23.7 Å². The van der Waals surface area contributed by atoms with Crippen LogP contribution in [0, 0.1) is 6.92 Å². The molecule has 1 unspecified atom stereocenters. The van der Waals surface area contributed by atoms with E-state index in [0.29, 0.717) is 25.1 Å². The van der Waals surface area contributed by atoms with Gasteiger partial charge in [-0.3, -0.25) is 4.79 Å². The molecule has 0 spiro atoms. The lowest BCUT2D eigenvalue weighted by molar-refractivity contribution is -0.124. The molecule has 2 heterocycles. The van der Waals surface area contributed by atoms with E-state index in [4.69, 9.17) is 4.42 Å². The quantitative estimate of drug-likeness (QED) is 0.880. The summed E-state index contributed by atoms with van der Waals surface area (Å²) in [5, 5.41) is 2.72. The number of nitrogens with zero attached hydrogens (tertiary/aromatic N) is 1. The van der Waals surface area contributed by atoms with Gasteiger partial charge in [0.2, 0.25) is 15.9 Å². The lowest BCUT2D eigenvalue weighted by Gasteiger charge is -2.21. The molecule has 1 aliphatic rings. The second-order valence-electron chi connectivity index (χ2n) is 4.76. The Hall–Kier alpha value is -1.34. The van der Waals surface area contributed by atoms with Crippen LogP contribution in [0.2, 0.25) is 0 Å². The minimum Gasteiger partial charge on any atom is -0.465 e. The van der Waals surface area contributed by atoms with E-state index < -0.39 is 16.1 Å². The molecule has 0 radical (unpaired) electrons. The van der Waals surface area contributed by atoms with Gasteiger partial charge in [-0.1, -0.05) is 0 Å². The van der Waals surface area contributed by atoms with Gasteiger partial charge < -0.3 is 9.73 Å². The number of hydrogen-bond acceptors (Lipinski definition) is 4. The topological polar surface area (TPSA) is 79.6 Å². The molecule has 1 aromatic heterocycles. The highest BCUT2D eigenvalue weighted by Crippen LogP contribution is 2.20. The van der Waals surface area contributed by atoms with Crippen LogP contribution >= 0.6 is 0 Å². The summed E-state index contributed by atoms with van der Waals surface area (Å²) in [6, 6.07) is 3.02. The highest BCUT2D eigenvalue weighted by molar-refractivity contribution is 7.88. The zero-order valence-corrected chi connectivity index (χ0v) is 11.9. The van der Waals surface area contributed by atoms with Crippen LogP contribution in [0.25, 0.3) is 0 Å². The molecule has 106 valence electrons. The van der Waals surface area contributed by atoms with E-state index >= 15 is 0 Å². The Bertz CT molecular complexity index is 564. The molecule has 0 bridgehead atoms. The van der Waals surface area contributed by atoms with Crippen LogP contribution in [0.1, 0.15) is 24.4 Å². The maximum Gasteiger partial charge on any atom is 0.238 e. The number of amides is 1. The summed E-state index contributed by atoms with van der Waals surface area (Å²) in [5.41, 5.74) is 0. The average Bonchev–Trinajstić information content (AvgIpc) is 2.93. The van der Waals surface area contributed by atoms with E-state index in [0.717, 1.165) is 12.0 Å². The fraction of sp³-hybridized carbons (Fsp3) is 0.583. The minimum absolute atomic E-state index is 0.267. The number of aryl methyl sites for hydroxylation is 1. The van der Waals surface area contributed by atoms with Crippen molar-refractivity contribution in [1.29, 1.82) is 0 Å².